The van der Waals surface area contributed by atoms with Gasteiger partial charge in [0.2, 0.25) is 0 Å². The smallest absolute Gasteiger partial charge is 0.405 e. The third-order valence-corrected chi connectivity index (χ3v) is 11.5. The van der Waals surface area contributed by atoms with Crippen LogP contribution in [0.5, 0.6) is 0 Å². The van der Waals surface area contributed by atoms with Gasteiger partial charge in [0.1, 0.15) is 0 Å². The lowest BCUT2D eigenvalue weighted by Gasteiger charge is -2.37. The Kier molecular flexibility index (Phi) is 8.92. The molecule has 0 spiro atoms. The number of rotatable bonds is 10. The highest BCUT2D eigenvalue weighted by Crippen LogP contribution is 2.37. The summed E-state index contributed by atoms with van der Waals surface area (Å²) in [7, 11) is -1.90. The second-order valence-corrected chi connectivity index (χ2v) is 15.7. The fraction of sp³-hybridized carbons (Fsp3) is 0.367. The van der Waals surface area contributed by atoms with Crippen LogP contribution in [0.4, 0.5) is 4.79 Å². The van der Waals surface area contributed by atoms with E-state index in [1.165, 1.54) is 10.9 Å². The maximum absolute atomic E-state index is 11.6. The molecular formula is C30H39NO3Si. The Bertz CT molecular complexity index is 1140. The van der Waals surface area contributed by atoms with Crippen LogP contribution in [0, 0.1) is 5.92 Å². The molecule has 0 bridgehead atoms. The molecule has 0 radical (unpaired) electrons. The number of hydrogen-bond acceptors (Lipinski definition) is 2. The van der Waals surface area contributed by atoms with Crippen LogP contribution in [0.3, 0.4) is 0 Å². The first-order chi connectivity index (χ1) is 16.5. The van der Waals surface area contributed by atoms with Gasteiger partial charge in [-0.1, -0.05) is 106 Å². The Morgan fingerprint density at radius 3 is 2.23 bits per heavy atom. The van der Waals surface area contributed by atoms with Crippen molar-refractivity contribution in [3.05, 3.63) is 96.1 Å². The van der Waals surface area contributed by atoms with Crippen LogP contribution in [0.25, 0.3) is 10.8 Å². The maximum atomic E-state index is 11.6. The van der Waals surface area contributed by atoms with Crippen LogP contribution in [-0.2, 0) is 17.3 Å². The third kappa shape index (κ3) is 8.08. The molecule has 2 atom stereocenters. The summed E-state index contributed by atoms with van der Waals surface area (Å²) in [5.74, 6) is 0.154. The Morgan fingerprint density at radius 1 is 0.914 bits per heavy atom. The molecule has 35 heavy (non-hydrogen) atoms. The fourth-order valence-corrected chi connectivity index (χ4v) is 4.93. The number of nitrogens with one attached hydrogen (secondary N) is 1. The fourth-order valence-electron chi connectivity index (χ4n) is 3.87. The van der Waals surface area contributed by atoms with E-state index in [0.29, 0.717) is 13.0 Å². The minimum atomic E-state index is -1.90. The van der Waals surface area contributed by atoms with Crippen molar-refractivity contribution in [2.45, 2.75) is 57.8 Å². The van der Waals surface area contributed by atoms with E-state index in [9.17, 15) is 9.90 Å². The van der Waals surface area contributed by atoms with Gasteiger partial charge in [-0.3, -0.25) is 0 Å². The summed E-state index contributed by atoms with van der Waals surface area (Å²) < 4.78 is 6.56. The molecule has 3 rings (SSSR count). The van der Waals surface area contributed by atoms with Gasteiger partial charge in [0.15, 0.2) is 8.32 Å². The van der Waals surface area contributed by atoms with Crippen molar-refractivity contribution in [3.63, 3.8) is 0 Å². The Balaban J connectivity index is 1.79. The average molecular weight is 490 g/mol. The van der Waals surface area contributed by atoms with Gasteiger partial charge in [0.25, 0.3) is 0 Å². The summed E-state index contributed by atoms with van der Waals surface area (Å²) >= 11 is 0. The van der Waals surface area contributed by atoms with Crippen LogP contribution in [0.15, 0.2) is 84.9 Å². The molecule has 1 unspecified atom stereocenters. The van der Waals surface area contributed by atoms with Gasteiger partial charge in [-0.05, 0) is 52.9 Å². The molecule has 0 fully saturated rings. The van der Waals surface area contributed by atoms with Crippen molar-refractivity contribution in [2.24, 2.45) is 5.92 Å². The van der Waals surface area contributed by atoms with Crippen LogP contribution < -0.4 is 5.32 Å². The number of carboxylic acid groups (broad SMARTS) is 1. The number of amides is 1. The summed E-state index contributed by atoms with van der Waals surface area (Å²) in [4.78, 5) is 11.6. The lowest BCUT2D eigenvalue weighted by Crippen LogP contribution is -2.42. The highest BCUT2D eigenvalue weighted by molar-refractivity contribution is 6.74. The maximum Gasteiger partial charge on any atom is 0.405 e. The van der Waals surface area contributed by atoms with Crippen molar-refractivity contribution in [1.29, 1.82) is 0 Å². The standard InChI is InChI=1S/C30H39NO3Si/c1-30(2,3)35(4,5)34-22-25(19-23-11-7-6-8-12-23)16-18-28(31-29(32)33)21-24-15-17-26-13-9-10-14-27(26)20-24/h6-18,20,25,28,31H,19,21-22H2,1-5H3,(H,32,33)/b18-16+/t25?,28-/m0/s1. The van der Waals surface area contributed by atoms with Crippen LogP contribution in [0.1, 0.15) is 31.9 Å². The van der Waals surface area contributed by atoms with Crippen molar-refractivity contribution in [3.8, 4) is 0 Å². The molecule has 0 aliphatic carbocycles. The highest BCUT2D eigenvalue weighted by Gasteiger charge is 2.37. The Morgan fingerprint density at radius 2 is 1.57 bits per heavy atom. The van der Waals surface area contributed by atoms with Gasteiger partial charge in [-0.15, -0.1) is 0 Å². The van der Waals surface area contributed by atoms with Gasteiger partial charge in [0, 0.05) is 12.5 Å². The monoisotopic (exact) mass is 489 g/mol. The Labute approximate surface area is 211 Å². The van der Waals surface area contributed by atoms with Crippen molar-refractivity contribution < 1.29 is 14.3 Å². The molecule has 186 valence electrons. The first-order valence-corrected chi connectivity index (χ1v) is 15.3. The first kappa shape index (κ1) is 26.7. The minimum Gasteiger partial charge on any atom is -0.465 e. The zero-order valence-corrected chi connectivity index (χ0v) is 22.6. The van der Waals surface area contributed by atoms with E-state index < -0.39 is 14.4 Å². The minimum absolute atomic E-state index is 0.136. The SMILES string of the molecule is CC(C)(C)[Si](C)(C)OCC(/C=C/[C@@H](Cc1ccc2ccccc2c1)NC(=O)O)Cc1ccccc1. The van der Waals surface area contributed by atoms with Crippen LogP contribution in [-0.4, -0.2) is 32.2 Å². The molecule has 5 heteroatoms. The van der Waals surface area contributed by atoms with Gasteiger partial charge >= 0.3 is 6.09 Å². The molecule has 0 aromatic heterocycles. The van der Waals surface area contributed by atoms with Crippen molar-refractivity contribution >= 4 is 25.2 Å². The molecule has 4 nitrogen and oxygen atoms in total. The predicted octanol–water partition coefficient (Wildman–Crippen LogP) is 7.46. The van der Waals surface area contributed by atoms with Gasteiger partial charge in [-0.25, -0.2) is 4.79 Å². The Hall–Kier alpha value is -2.89. The summed E-state index contributed by atoms with van der Waals surface area (Å²) in [6.45, 7) is 11.9. The summed E-state index contributed by atoms with van der Waals surface area (Å²) in [6, 6.07) is 24.6. The molecule has 0 aliphatic heterocycles. The van der Waals surface area contributed by atoms with E-state index in [4.69, 9.17) is 4.43 Å². The number of benzene rings is 3. The number of fused-ring (bicyclic) bond motifs is 1. The lowest BCUT2D eigenvalue weighted by atomic mass is 9.97. The lowest BCUT2D eigenvalue weighted by molar-refractivity contribution is 0.192. The molecular weight excluding hydrogens is 450 g/mol. The highest BCUT2D eigenvalue weighted by atomic mass is 28.4. The van der Waals surface area contributed by atoms with Gasteiger partial charge in [0.05, 0.1) is 6.04 Å². The van der Waals surface area contributed by atoms with E-state index in [2.05, 4.69) is 99.9 Å². The molecule has 0 saturated heterocycles. The normalized spacial score (nSPS) is 14.2. The zero-order chi connectivity index (χ0) is 25.5. The van der Waals surface area contributed by atoms with Crippen molar-refractivity contribution in [2.75, 3.05) is 6.61 Å². The zero-order valence-electron chi connectivity index (χ0n) is 21.6. The first-order valence-electron chi connectivity index (χ1n) is 12.4. The second-order valence-electron chi connectivity index (χ2n) is 10.8. The van der Waals surface area contributed by atoms with E-state index in [1.54, 1.807) is 0 Å². The third-order valence-electron chi connectivity index (χ3n) is 7.00. The number of hydrogen-bond donors (Lipinski definition) is 2. The topological polar surface area (TPSA) is 58.6 Å². The van der Waals surface area contributed by atoms with E-state index >= 15 is 0 Å². The molecule has 2 N–H and O–H groups in total. The number of carbonyl (C=O) groups is 1. The quantitative estimate of drug-likeness (QED) is 0.230. The summed E-state index contributed by atoms with van der Waals surface area (Å²) in [5.41, 5.74) is 2.35. The molecule has 0 heterocycles. The van der Waals surface area contributed by atoms with Gasteiger partial charge in [-0.2, -0.15) is 0 Å². The largest absolute Gasteiger partial charge is 0.465 e. The molecule has 0 aliphatic rings. The second kappa shape index (κ2) is 11.7. The van der Waals surface area contributed by atoms with E-state index in [1.807, 2.05) is 24.3 Å². The molecule has 1 amide bonds. The summed E-state index contributed by atoms with van der Waals surface area (Å²) in [5, 5.41) is 14.6. The average Bonchev–Trinajstić information content (AvgIpc) is 2.80. The van der Waals surface area contributed by atoms with Gasteiger partial charge < -0.3 is 14.8 Å². The predicted molar refractivity (Wildman–Crippen MR) is 149 cm³/mol. The molecule has 3 aromatic rings. The van der Waals surface area contributed by atoms with E-state index in [0.717, 1.165) is 17.4 Å². The summed E-state index contributed by atoms with van der Waals surface area (Å²) in [6.07, 6.45) is 4.57. The van der Waals surface area contributed by atoms with E-state index in [-0.39, 0.29) is 17.0 Å². The van der Waals surface area contributed by atoms with Crippen LogP contribution >= 0.6 is 0 Å². The van der Waals surface area contributed by atoms with Crippen molar-refractivity contribution in [1.82, 2.24) is 5.32 Å². The molecule has 0 saturated carbocycles. The molecule has 3 aromatic carbocycles. The van der Waals surface area contributed by atoms with Crippen LogP contribution in [0.2, 0.25) is 18.1 Å².